The molecule has 4 nitrogen and oxygen atoms in total. The van der Waals surface area contributed by atoms with Crippen LogP contribution in [0.15, 0.2) is 291 Å². The molecule has 376 valence electrons. The summed E-state index contributed by atoms with van der Waals surface area (Å²) in [5, 5.41) is 13.9. The summed E-state index contributed by atoms with van der Waals surface area (Å²) in [6, 6.07) is 105. The van der Waals surface area contributed by atoms with Crippen molar-refractivity contribution in [3.05, 3.63) is 291 Å². The number of imidazole rings is 1. The van der Waals surface area contributed by atoms with Gasteiger partial charge < -0.3 is 0 Å². The van der Waals surface area contributed by atoms with Crippen molar-refractivity contribution in [1.82, 2.24) is 19.5 Å². The largest absolute Gasteiger partial charge is 0.292 e. The van der Waals surface area contributed by atoms with Crippen LogP contribution in [0.5, 0.6) is 0 Å². The van der Waals surface area contributed by atoms with Gasteiger partial charge in [-0.2, -0.15) is 0 Å². The smallest absolute Gasteiger partial charge is 0.145 e. The molecule has 0 aliphatic rings. The molecule has 16 aromatic rings. The zero-order chi connectivity index (χ0) is 53.4. The Kier molecular flexibility index (Phi) is 10.8. The standard InChI is InChI=1S/C77H48N4/c1-2-28-58(29-3-1)81-76-70-37-15-13-35-64(70)63-34-12-14-36-69(63)75(76)80-77(81)57-43-53(55-45-71(65-38-16-24-49-20-4-8-30-59(49)65)78-72(46-55)66-39-17-25-50-21-5-9-31-60(50)66)42-54(44-57)56-47-73(67-40-18-26-51-22-6-10-32-61(51)67)79-74(48-56)68-41-19-27-52-23-7-11-33-62(52)68/h1-48H. The van der Waals surface area contributed by atoms with Crippen molar-refractivity contribution in [3.8, 4) is 84.4 Å². The molecule has 3 heterocycles. The lowest BCUT2D eigenvalue weighted by atomic mass is 9.91. The Morgan fingerprint density at radius 2 is 0.531 bits per heavy atom. The van der Waals surface area contributed by atoms with Crippen molar-refractivity contribution in [3.63, 3.8) is 0 Å². The van der Waals surface area contributed by atoms with Crippen molar-refractivity contribution in [2.24, 2.45) is 0 Å². The molecule has 0 atom stereocenters. The molecule has 0 saturated heterocycles. The lowest BCUT2D eigenvalue weighted by molar-refractivity contribution is 1.11. The Hall–Kier alpha value is -10.8. The number of rotatable bonds is 8. The van der Waals surface area contributed by atoms with Gasteiger partial charge >= 0.3 is 0 Å². The van der Waals surface area contributed by atoms with E-state index in [9.17, 15) is 0 Å². The highest BCUT2D eigenvalue weighted by atomic mass is 15.1. The molecule has 13 aromatic carbocycles. The van der Waals surface area contributed by atoms with Gasteiger partial charge in [0.25, 0.3) is 0 Å². The fourth-order valence-corrected chi connectivity index (χ4v) is 12.6. The second-order valence-corrected chi connectivity index (χ2v) is 21.1. The van der Waals surface area contributed by atoms with Crippen LogP contribution in [0.4, 0.5) is 0 Å². The Morgan fingerprint density at radius 3 is 0.951 bits per heavy atom. The molecule has 0 fully saturated rings. The van der Waals surface area contributed by atoms with E-state index >= 15 is 0 Å². The van der Waals surface area contributed by atoms with Gasteiger partial charge in [0.05, 0.1) is 33.8 Å². The molecular formula is C77H48N4. The van der Waals surface area contributed by atoms with Crippen LogP contribution in [0.1, 0.15) is 0 Å². The number of para-hydroxylation sites is 1. The molecule has 0 saturated carbocycles. The number of hydrogen-bond acceptors (Lipinski definition) is 3. The summed E-state index contributed by atoms with van der Waals surface area (Å²) in [5.41, 5.74) is 16.1. The first-order chi connectivity index (χ1) is 40.1. The van der Waals surface area contributed by atoms with Gasteiger partial charge in [-0.25, -0.2) is 15.0 Å². The summed E-state index contributed by atoms with van der Waals surface area (Å²) in [5.74, 6) is 0.844. The third-order valence-electron chi connectivity index (χ3n) is 16.3. The molecular weight excluding hydrogens is 981 g/mol. The Balaban J connectivity index is 1.03. The molecule has 81 heavy (non-hydrogen) atoms. The van der Waals surface area contributed by atoms with Crippen molar-refractivity contribution in [2.45, 2.75) is 0 Å². The molecule has 0 aliphatic carbocycles. The third-order valence-corrected chi connectivity index (χ3v) is 16.3. The minimum Gasteiger partial charge on any atom is -0.292 e. The number of aromatic nitrogens is 4. The Labute approximate surface area is 468 Å². The van der Waals surface area contributed by atoms with E-state index in [1.165, 1.54) is 32.3 Å². The molecule has 0 spiro atoms. The first-order valence-electron chi connectivity index (χ1n) is 27.7. The molecule has 0 unspecified atom stereocenters. The summed E-state index contributed by atoms with van der Waals surface area (Å²) in [6.07, 6.45) is 0. The number of nitrogens with zero attached hydrogens (tertiary/aromatic N) is 4. The zero-order valence-corrected chi connectivity index (χ0v) is 44.0. The van der Waals surface area contributed by atoms with Crippen LogP contribution in [-0.4, -0.2) is 19.5 Å². The van der Waals surface area contributed by atoms with E-state index < -0.39 is 0 Å². The van der Waals surface area contributed by atoms with Gasteiger partial charge in [0, 0.05) is 44.3 Å². The minimum absolute atomic E-state index is 0.844. The topological polar surface area (TPSA) is 43.6 Å². The molecule has 0 amide bonds. The number of hydrogen-bond donors (Lipinski definition) is 0. The first kappa shape index (κ1) is 46.3. The van der Waals surface area contributed by atoms with E-state index in [-0.39, 0.29) is 0 Å². The van der Waals surface area contributed by atoms with Crippen LogP contribution in [0.2, 0.25) is 0 Å². The monoisotopic (exact) mass is 1030 g/mol. The number of benzene rings is 13. The second-order valence-electron chi connectivity index (χ2n) is 21.1. The molecule has 0 N–H and O–H groups in total. The van der Waals surface area contributed by atoms with E-state index in [1.807, 2.05) is 0 Å². The van der Waals surface area contributed by atoms with Gasteiger partial charge in [-0.3, -0.25) is 4.57 Å². The highest BCUT2D eigenvalue weighted by Gasteiger charge is 2.23. The SMILES string of the molecule is c1ccc(-n2c(-c3cc(-c4cc(-c5cccc6ccccc56)nc(-c5cccc6ccccc56)c4)cc(-c4cc(-c5cccc6ccccc56)nc(-c5cccc6ccccc56)c4)c3)nc3c4ccccc4c4ccccc4c32)cc1. The fraction of sp³-hybridized carbons (Fsp3) is 0. The Morgan fingerprint density at radius 1 is 0.222 bits per heavy atom. The molecule has 4 heteroatoms. The average molecular weight is 1030 g/mol. The van der Waals surface area contributed by atoms with Gasteiger partial charge in [-0.15, -0.1) is 0 Å². The van der Waals surface area contributed by atoms with Gasteiger partial charge in [-0.1, -0.05) is 237 Å². The van der Waals surface area contributed by atoms with E-state index in [0.29, 0.717) is 0 Å². The average Bonchev–Trinajstić information content (AvgIpc) is 4.15. The maximum Gasteiger partial charge on any atom is 0.145 e. The van der Waals surface area contributed by atoms with Crippen LogP contribution in [0, 0.1) is 0 Å². The lowest BCUT2D eigenvalue weighted by Crippen LogP contribution is -1.99. The highest BCUT2D eigenvalue weighted by Crippen LogP contribution is 2.44. The fourth-order valence-electron chi connectivity index (χ4n) is 12.6. The molecule has 0 bridgehead atoms. The summed E-state index contributed by atoms with van der Waals surface area (Å²) >= 11 is 0. The van der Waals surface area contributed by atoms with E-state index in [0.717, 1.165) is 128 Å². The number of pyridine rings is 2. The molecule has 0 radical (unpaired) electrons. The predicted molar refractivity (Wildman–Crippen MR) is 340 cm³/mol. The quantitative estimate of drug-likeness (QED) is 0.142. The maximum absolute atomic E-state index is 5.84. The maximum atomic E-state index is 5.84. The summed E-state index contributed by atoms with van der Waals surface area (Å²) < 4.78 is 2.39. The summed E-state index contributed by atoms with van der Waals surface area (Å²) in [4.78, 5) is 17.1. The number of fused-ring (bicyclic) bond motifs is 10. The van der Waals surface area contributed by atoms with Gasteiger partial charge in [-0.05, 0) is 131 Å². The van der Waals surface area contributed by atoms with Crippen LogP contribution >= 0.6 is 0 Å². The molecule has 0 aliphatic heterocycles. The van der Waals surface area contributed by atoms with Crippen LogP contribution in [-0.2, 0) is 0 Å². The predicted octanol–water partition coefficient (Wildman–Crippen LogP) is 20.4. The van der Waals surface area contributed by atoms with Gasteiger partial charge in [0.1, 0.15) is 5.82 Å². The van der Waals surface area contributed by atoms with Gasteiger partial charge in [0.2, 0.25) is 0 Å². The lowest BCUT2D eigenvalue weighted by Gasteiger charge is -2.17. The summed E-state index contributed by atoms with van der Waals surface area (Å²) in [6.45, 7) is 0. The summed E-state index contributed by atoms with van der Waals surface area (Å²) in [7, 11) is 0. The van der Waals surface area contributed by atoms with E-state index in [1.54, 1.807) is 0 Å². The Bertz CT molecular complexity index is 4750. The molecule has 16 rings (SSSR count). The second kappa shape index (κ2) is 19.0. The van der Waals surface area contributed by atoms with Gasteiger partial charge in [0.15, 0.2) is 0 Å². The third kappa shape index (κ3) is 7.87. The minimum atomic E-state index is 0.844. The highest BCUT2D eigenvalue weighted by molar-refractivity contribution is 6.24. The first-order valence-corrected chi connectivity index (χ1v) is 27.7. The normalized spacial score (nSPS) is 11.7. The van der Waals surface area contributed by atoms with Crippen LogP contribution < -0.4 is 0 Å². The van der Waals surface area contributed by atoms with E-state index in [2.05, 4.69) is 296 Å². The zero-order valence-electron chi connectivity index (χ0n) is 44.0. The van der Waals surface area contributed by atoms with E-state index in [4.69, 9.17) is 15.0 Å². The van der Waals surface area contributed by atoms with Crippen LogP contribution in [0.25, 0.3) is 160 Å². The van der Waals surface area contributed by atoms with Crippen molar-refractivity contribution in [2.75, 3.05) is 0 Å². The molecule has 3 aromatic heterocycles. The van der Waals surface area contributed by atoms with Crippen molar-refractivity contribution < 1.29 is 0 Å². The van der Waals surface area contributed by atoms with Crippen molar-refractivity contribution in [1.29, 1.82) is 0 Å². The van der Waals surface area contributed by atoms with Crippen LogP contribution in [0.3, 0.4) is 0 Å². The van der Waals surface area contributed by atoms with Crippen molar-refractivity contribution >= 4 is 75.7 Å².